The second kappa shape index (κ2) is 5.08. The van der Waals surface area contributed by atoms with Gasteiger partial charge in [0.25, 0.3) is 0 Å². The van der Waals surface area contributed by atoms with Crippen LogP contribution in [0.15, 0.2) is 0 Å². The highest BCUT2D eigenvalue weighted by Crippen LogP contribution is 2.25. The van der Waals surface area contributed by atoms with Crippen molar-refractivity contribution in [2.75, 3.05) is 13.1 Å². The van der Waals surface area contributed by atoms with Crippen LogP contribution in [0.5, 0.6) is 0 Å². The fraction of sp³-hybridized carbons (Fsp3) is 0.929. The Balaban J connectivity index is 1.81. The van der Waals surface area contributed by atoms with Crippen LogP contribution in [0.3, 0.4) is 0 Å². The first-order valence-corrected chi connectivity index (χ1v) is 7.09. The summed E-state index contributed by atoms with van der Waals surface area (Å²) in [6.07, 6.45) is 3.51. The standard InChI is InChI=1S/C14H26N2O2/c1-10-9-16(13(17)18-14(2,3)4)8-7-12(10)15-11-5-6-11/h10-12,15H,5-9H2,1-4H3/t10-,12-/m1/s1. The van der Waals surface area contributed by atoms with Crippen LogP contribution in [-0.4, -0.2) is 41.8 Å². The number of likely N-dealkylation sites (tertiary alicyclic amines) is 1. The third kappa shape index (κ3) is 3.87. The molecule has 1 heterocycles. The molecule has 1 saturated carbocycles. The van der Waals surface area contributed by atoms with Gasteiger partial charge in [0.05, 0.1) is 0 Å². The molecule has 0 radical (unpaired) electrons. The second-order valence-corrected chi connectivity index (χ2v) is 6.74. The summed E-state index contributed by atoms with van der Waals surface area (Å²) in [5.41, 5.74) is -0.399. The highest BCUT2D eigenvalue weighted by Gasteiger charge is 2.34. The molecule has 2 aliphatic rings. The summed E-state index contributed by atoms with van der Waals surface area (Å²) in [6.45, 7) is 9.57. The molecule has 104 valence electrons. The molecule has 0 bridgehead atoms. The van der Waals surface area contributed by atoms with Crippen molar-refractivity contribution < 1.29 is 9.53 Å². The zero-order valence-electron chi connectivity index (χ0n) is 12.0. The average molecular weight is 254 g/mol. The molecule has 1 aliphatic carbocycles. The smallest absolute Gasteiger partial charge is 0.410 e. The van der Waals surface area contributed by atoms with Gasteiger partial charge in [0, 0.05) is 25.2 Å². The van der Waals surface area contributed by atoms with E-state index >= 15 is 0 Å². The highest BCUT2D eigenvalue weighted by molar-refractivity contribution is 5.68. The zero-order valence-corrected chi connectivity index (χ0v) is 12.0. The Kier molecular flexibility index (Phi) is 3.85. The van der Waals surface area contributed by atoms with Crippen molar-refractivity contribution in [1.29, 1.82) is 0 Å². The van der Waals surface area contributed by atoms with Crippen LogP contribution in [0.2, 0.25) is 0 Å². The summed E-state index contributed by atoms with van der Waals surface area (Å²) in [6, 6.07) is 1.31. The lowest BCUT2D eigenvalue weighted by molar-refractivity contribution is 0.0143. The minimum atomic E-state index is -0.399. The molecule has 2 rings (SSSR count). The van der Waals surface area contributed by atoms with Gasteiger partial charge >= 0.3 is 6.09 Å². The van der Waals surface area contributed by atoms with Crippen LogP contribution in [-0.2, 0) is 4.74 Å². The van der Waals surface area contributed by atoms with Gasteiger partial charge < -0.3 is 15.0 Å². The lowest BCUT2D eigenvalue weighted by atomic mass is 9.94. The van der Waals surface area contributed by atoms with Gasteiger partial charge in [-0.15, -0.1) is 0 Å². The van der Waals surface area contributed by atoms with E-state index in [1.54, 1.807) is 0 Å². The summed E-state index contributed by atoms with van der Waals surface area (Å²) in [7, 11) is 0. The topological polar surface area (TPSA) is 41.6 Å². The monoisotopic (exact) mass is 254 g/mol. The van der Waals surface area contributed by atoms with Crippen LogP contribution < -0.4 is 5.32 Å². The normalized spacial score (nSPS) is 29.2. The van der Waals surface area contributed by atoms with E-state index in [1.165, 1.54) is 12.8 Å². The Morgan fingerprint density at radius 3 is 2.44 bits per heavy atom. The minimum absolute atomic E-state index is 0.167. The first kappa shape index (κ1) is 13.7. The molecule has 1 N–H and O–H groups in total. The van der Waals surface area contributed by atoms with Crippen LogP contribution in [0, 0.1) is 5.92 Å². The summed E-state index contributed by atoms with van der Waals surface area (Å²) >= 11 is 0. The van der Waals surface area contributed by atoms with Crippen molar-refractivity contribution in [1.82, 2.24) is 10.2 Å². The Hall–Kier alpha value is -0.770. The van der Waals surface area contributed by atoms with Crippen molar-refractivity contribution in [3.63, 3.8) is 0 Å². The fourth-order valence-corrected chi connectivity index (χ4v) is 2.44. The summed E-state index contributed by atoms with van der Waals surface area (Å²) in [5.74, 6) is 0.506. The van der Waals surface area contributed by atoms with Gasteiger partial charge in [-0.2, -0.15) is 0 Å². The Bertz CT molecular complexity index is 307. The Morgan fingerprint density at radius 2 is 1.94 bits per heavy atom. The fourth-order valence-electron chi connectivity index (χ4n) is 2.44. The molecule has 1 aliphatic heterocycles. The number of nitrogens with zero attached hydrogens (tertiary/aromatic N) is 1. The average Bonchev–Trinajstić information content (AvgIpc) is 3.02. The number of piperidine rings is 1. The number of carbonyl (C=O) groups is 1. The van der Waals surface area contributed by atoms with E-state index in [2.05, 4.69) is 12.2 Å². The SMILES string of the molecule is C[C@@H]1CN(C(=O)OC(C)(C)C)CC[C@H]1NC1CC1. The van der Waals surface area contributed by atoms with E-state index in [4.69, 9.17) is 4.74 Å². The van der Waals surface area contributed by atoms with Crippen molar-refractivity contribution in [3.8, 4) is 0 Å². The van der Waals surface area contributed by atoms with E-state index in [-0.39, 0.29) is 6.09 Å². The van der Waals surface area contributed by atoms with Gasteiger partial charge in [0.2, 0.25) is 0 Å². The number of ether oxygens (including phenoxy) is 1. The van der Waals surface area contributed by atoms with E-state index in [0.29, 0.717) is 12.0 Å². The maximum absolute atomic E-state index is 12.0. The van der Waals surface area contributed by atoms with E-state index in [9.17, 15) is 4.79 Å². The molecule has 0 spiro atoms. The third-order valence-electron chi connectivity index (χ3n) is 3.58. The Morgan fingerprint density at radius 1 is 1.28 bits per heavy atom. The molecule has 0 aromatic heterocycles. The maximum atomic E-state index is 12.0. The molecule has 0 aromatic carbocycles. The summed E-state index contributed by atoms with van der Waals surface area (Å²) in [4.78, 5) is 13.8. The molecule has 1 saturated heterocycles. The number of rotatable bonds is 2. The first-order chi connectivity index (χ1) is 8.35. The molecule has 1 amide bonds. The van der Waals surface area contributed by atoms with Crippen molar-refractivity contribution in [2.45, 2.75) is 64.6 Å². The van der Waals surface area contributed by atoms with Gasteiger partial charge in [-0.3, -0.25) is 0 Å². The van der Waals surface area contributed by atoms with Crippen LogP contribution in [0.25, 0.3) is 0 Å². The lowest BCUT2D eigenvalue weighted by Gasteiger charge is -2.38. The summed E-state index contributed by atoms with van der Waals surface area (Å²) in [5, 5.41) is 3.67. The van der Waals surface area contributed by atoms with Gasteiger partial charge in [0.1, 0.15) is 5.60 Å². The molecule has 0 unspecified atom stereocenters. The van der Waals surface area contributed by atoms with E-state index in [0.717, 1.165) is 25.6 Å². The van der Waals surface area contributed by atoms with Crippen molar-refractivity contribution in [2.24, 2.45) is 5.92 Å². The number of hydrogen-bond acceptors (Lipinski definition) is 3. The van der Waals surface area contributed by atoms with Gasteiger partial charge in [-0.1, -0.05) is 6.92 Å². The van der Waals surface area contributed by atoms with E-state index in [1.807, 2.05) is 25.7 Å². The Labute approximate surface area is 110 Å². The molecule has 4 nitrogen and oxygen atoms in total. The van der Waals surface area contributed by atoms with Crippen molar-refractivity contribution >= 4 is 6.09 Å². The predicted octanol–water partition coefficient (Wildman–Crippen LogP) is 2.38. The number of carbonyl (C=O) groups excluding carboxylic acids is 1. The quantitative estimate of drug-likeness (QED) is 0.822. The molecule has 2 atom stereocenters. The number of nitrogens with one attached hydrogen (secondary N) is 1. The van der Waals surface area contributed by atoms with Crippen molar-refractivity contribution in [3.05, 3.63) is 0 Å². The van der Waals surface area contributed by atoms with E-state index < -0.39 is 5.60 Å². The minimum Gasteiger partial charge on any atom is -0.444 e. The second-order valence-electron chi connectivity index (χ2n) is 6.74. The number of hydrogen-bond donors (Lipinski definition) is 1. The molecule has 0 aromatic rings. The largest absolute Gasteiger partial charge is 0.444 e. The molecule has 4 heteroatoms. The molecule has 18 heavy (non-hydrogen) atoms. The van der Waals surface area contributed by atoms with Crippen LogP contribution in [0.1, 0.15) is 47.0 Å². The van der Waals surface area contributed by atoms with Crippen LogP contribution >= 0.6 is 0 Å². The first-order valence-electron chi connectivity index (χ1n) is 7.09. The van der Waals surface area contributed by atoms with Gasteiger partial charge in [-0.05, 0) is 46.0 Å². The third-order valence-corrected chi connectivity index (χ3v) is 3.58. The predicted molar refractivity (Wildman–Crippen MR) is 71.5 cm³/mol. The molecule has 2 fully saturated rings. The van der Waals surface area contributed by atoms with Gasteiger partial charge in [0.15, 0.2) is 0 Å². The maximum Gasteiger partial charge on any atom is 0.410 e. The zero-order chi connectivity index (χ0) is 13.3. The van der Waals surface area contributed by atoms with Crippen LogP contribution in [0.4, 0.5) is 4.79 Å². The van der Waals surface area contributed by atoms with Gasteiger partial charge in [-0.25, -0.2) is 4.79 Å². The highest BCUT2D eigenvalue weighted by atomic mass is 16.6. The number of amides is 1. The lowest BCUT2D eigenvalue weighted by Crippen LogP contribution is -2.51. The molecular weight excluding hydrogens is 228 g/mol. The summed E-state index contributed by atoms with van der Waals surface area (Å²) < 4.78 is 5.42. The molecular formula is C14H26N2O2.